The Morgan fingerprint density at radius 2 is 0.489 bits per heavy atom. The van der Waals surface area contributed by atoms with Crippen molar-refractivity contribution in [2.75, 3.05) is 0 Å². The van der Waals surface area contributed by atoms with Gasteiger partial charge >= 0.3 is 95.3 Å². The van der Waals surface area contributed by atoms with E-state index in [9.17, 15) is 89.4 Å². The maximum absolute atomic E-state index is 11.6. The predicted octanol–water partition coefficient (Wildman–Crippen LogP) is 0.472. The van der Waals surface area contributed by atoms with Crippen LogP contribution in [0.3, 0.4) is 0 Å². The van der Waals surface area contributed by atoms with E-state index in [1.54, 1.807) is 0 Å². The summed E-state index contributed by atoms with van der Waals surface area (Å²) in [6.07, 6.45) is 0. The maximum atomic E-state index is 11.6. The Labute approximate surface area is 266 Å². The van der Waals surface area contributed by atoms with Crippen molar-refractivity contribution in [3.63, 3.8) is 0 Å². The molecule has 0 fully saturated rings. The van der Waals surface area contributed by atoms with E-state index in [1.165, 1.54) is 0 Å². The molecule has 0 aliphatic heterocycles. The van der Waals surface area contributed by atoms with Crippen molar-refractivity contribution in [3.8, 4) is 0 Å². The van der Waals surface area contributed by atoms with Crippen LogP contribution in [-0.4, -0.2) is 107 Å². The second-order valence-electron chi connectivity index (χ2n) is 5.84. The number of carbonyl (C=O) groups is 4. The van der Waals surface area contributed by atoms with Crippen molar-refractivity contribution in [2.24, 2.45) is 0 Å². The van der Waals surface area contributed by atoms with Crippen LogP contribution in [0, 0.1) is 0 Å². The molecule has 0 rings (SSSR count). The van der Waals surface area contributed by atoms with Crippen molar-refractivity contribution < 1.29 is 144 Å². The van der Waals surface area contributed by atoms with Crippen molar-refractivity contribution in [2.45, 2.75) is 45.2 Å². The number of aliphatic carboxylic acids is 4. The normalized spacial score (nSPS) is 12.4. The third-order valence-electron chi connectivity index (χ3n) is 2.50. The average molecular weight is 790 g/mol. The molecule has 11 nitrogen and oxygen atoms in total. The van der Waals surface area contributed by atoms with E-state index in [0.717, 1.165) is 0 Å². The summed E-state index contributed by atoms with van der Waals surface area (Å²) in [5, 5.41) is 32.4. The molecule has 0 aliphatic carbocycles. The minimum Gasteiger partial charge on any atom is -0.832 e. The van der Waals surface area contributed by atoms with Gasteiger partial charge in [-0.3, -0.25) is 0 Å². The zero-order valence-electron chi connectivity index (χ0n) is 19.9. The largest absolute Gasteiger partial charge is 1.00 e. The summed E-state index contributed by atoms with van der Waals surface area (Å²) in [6, 6.07) is 0. The molecule has 0 aromatic rings. The van der Waals surface area contributed by atoms with E-state index in [2.05, 4.69) is 46.4 Å². The van der Waals surface area contributed by atoms with Crippen LogP contribution in [0.15, 0.2) is 0 Å². The molecule has 0 heterocycles. The predicted molar refractivity (Wildman–Crippen MR) is 104 cm³/mol. The molecular weight excluding hydrogens is 784 g/mol. The molecule has 0 saturated heterocycles. The van der Waals surface area contributed by atoms with E-state index in [1.807, 2.05) is 0 Å². The number of carboxylic acid groups (broad SMARTS) is 4. The maximum Gasteiger partial charge on any atom is 1.00 e. The van der Waals surface area contributed by atoms with Crippen LogP contribution in [0.4, 0.5) is 70.2 Å². The van der Waals surface area contributed by atoms with Crippen LogP contribution < -0.4 is 23.9 Å². The zero-order valence-corrected chi connectivity index (χ0v) is 22.9. The summed E-state index contributed by atoms with van der Waals surface area (Å²) in [5.74, 6) is -32.7. The Morgan fingerprint density at radius 3 is 0.489 bits per heavy atom. The SMILES string of the molecule is O=C(O)C(F)(F)C(F)(F)Cl.O=C(O)C(F)(F)C(F)(F)Cl.O=C(O)C(F)(F)C(F)(F)Cl.O=C(O)C(F)(F)C(F)(F)Cl.[Li+].[O-]B(O)O. The first-order valence-corrected chi connectivity index (χ1v) is 9.75. The van der Waals surface area contributed by atoms with Gasteiger partial charge in [-0.2, -0.15) is 70.2 Å². The van der Waals surface area contributed by atoms with Gasteiger partial charge in [-0.1, -0.05) is 0 Å². The van der Waals surface area contributed by atoms with E-state index in [0.29, 0.717) is 0 Å². The summed E-state index contributed by atoms with van der Waals surface area (Å²) in [6.45, 7) is 0. The van der Waals surface area contributed by atoms with E-state index in [4.69, 9.17) is 35.5 Å². The van der Waals surface area contributed by atoms with Gasteiger partial charge in [0.1, 0.15) is 0 Å². The fourth-order valence-corrected chi connectivity index (χ4v) is 0.808. The first kappa shape index (κ1) is 55.8. The molecule has 0 spiro atoms. The number of rotatable bonds is 8. The summed E-state index contributed by atoms with van der Waals surface area (Å²) in [7, 11) is -2.42. The topological polar surface area (TPSA) is 213 Å². The van der Waals surface area contributed by atoms with Gasteiger partial charge in [-0.25, -0.2) is 19.2 Å². The monoisotopic (exact) mass is 788 g/mol. The number of hydrogen-bond acceptors (Lipinski definition) is 7. The fraction of sp³-hybridized carbons (Fsp3) is 0.667. The Morgan fingerprint density at radius 1 is 0.422 bits per heavy atom. The van der Waals surface area contributed by atoms with Crippen molar-refractivity contribution >= 4 is 77.6 Å². The first-order valence-electron chi connectivity index (χ1n) is 8.24. The number of alkyl halides is 20. The van der Waals surface area contributed by atoms with E-state index in [-0.39, 0.29) is 18.9 Å². The van der Waals surface area contributed by atoms with Crippen LogP contribution >= 0.6 is 46.4 Å². The van der Waals surface area contributed by atoms with Crippen molar-refractivity contribution in [1.82, 2.24) is 0 Å². The average Bonchev–Trinajstić information content (AvgIpc) is 2.71. The third kappa shape index (κ3) is 20.3. The third-order valence-corrected chi connectivity index (χ3v) is 3.45. The number of carboxylic acids is 4. The van der Waals surface area contributed by atoms with Crippen molar-refractivity contribution in [1.29, 1.82) is 0 Å². The molecule has 0 unspecified atom stereocenters. The second kappa shape index (κ2) is 19.3. The molecule has 264 valence electrons. The minimum atomic E-state index is -5.21. The van der Waals surface area contributed by atoms with Gasteiger partial charge in [0.15, 0.2) is 0 Å². The van der Waals surface area contributed by atoms with Gasteiger partial charge in [0.25, 0.3) is 0 Å². The van der Waals surface area contributed by atoms with Crippen LogP contribution in [0.2, 0.25) is 0 Å². The van der Waals surface area contributed by atoms with Gasteiger partial charge in [0.05, 0.1) is 0 Å². The van der Waals surface area contributed by atoms with Gasteiger partial charge in [0, 0.05) is 0 Å². The molecule has 33 heteroatoms. The molecule has 45 heavy (non-hydrogen) atoms. The van der Waals surface area contributed by atoms with Crippen LogP contribution in [0.1, 0.15) is 0 Å². The van der Waals surface area contributed by atoms with Crippen LogP contribution in [0.25, 0.3) is 0 Å². The summed E-state index contributed by atoms with van der Waals surface area (Å²) in [5.41, 5.74) is 0. The Hall–Kier alpha value is -1.54. The quantitative estimate of drug-likeness (QED) is 0.113. The first-order chi connectivity index (χ1) is 18.5. The molecule has 0 radical (unpaired) electrons. The molecule has 0 amide bonds. The molecule has 6 N–H and O–H groups in total. The molecule has 0 aromatic heterocycles. The van der Waals surface area contributed by atoms with Crippen molar-refractivity contribution in [3.05, 3.63) is 0 Å². The van der Waals surface area contributed by atoms with Gasteiger partial charge in [-0.15, -0.1) is 0 Å². The fourth-order valence-electron chi connectivity index (χ4n) is 0.485. The number of hydrogen-bond donors (Lipinski definition) is 6. The number of halogens is 20. The second-order valence-corrected chi connectivity index (χ2v) is 7.73. The molecule has 0 saturated carbocycles. The van der Waals surface area contributed by atoms with Crippen LogP contribution in [-0.2, 0) is 19.2 Å². The molecular formula is C12H6BCl4F16LiO11. The molecule has 0 atom stereocenters. The molecule has 0 aliphatic rings. The van der Waals surface area contributed by atoms with Gasteiger partial charge in [0.2, 0.25) is 0 Å². The summed E-state index contributed by atoms with van der Waals surface area (Å²) >= 11 is 15.0. The Bertz CT molecular complexity index is 810. The Kier molecular flexibility index (Phi) is 24.0. The van der Waals surface area contributed by atoms with Crippen LogP contribution in [0.5, 0.6) is 0 Å². The van der Waals surface area contributed by atoms with Gasteiger partial charge in [-0.05, 0) is 46.4 Å². The van der Waals surface area contributed by atoms with E-state index < -0.39 is 76.4 Å². The summed E-state index contributed by atoms with van der Waals surface area (Å²) in [4.78, 5) is 37.4. The smallest absolute Gasteiger partial charge is 0.832 e. The van der Waals surface area contributed by atoms with Gasteiger partial charge < -0.3 is 35.5 Å². The van der Waals surface area contributed by atoms with E-state index >= 15 is 0 Å². The molecule has 0 aromatic carbocycles. The molecule has 0 bridgehead atoms. The summed E-state index contributed by atoms with van der Waals surface area (Å²) < 4.78 is 184. The zero-order chi connectivity index (χ0) is 37.9. The Balaban J connectivity index is -0.000000107. The minimum absolute atomic E-state index is 0. The standard InChI is InChI=1S/4C3HClF4O2.BH2O3.Li/c4*4-3(7,8)2(5,6)1(9)10;2-1(3)4;/h4*(H,9,10);2-3H;/q;;;;-1;+1.